The van der Waals surface area contributed by atoms with E-state index >= 15 is 0 Å². The lowest BCUT2D eigenvalue weighted by Gasteiger charge is -2.41. The second kappa shape index (κ2) is 12.4. The molecule has 0 radical (unpaired) electrons. The summed E-state index contributed by atoms with van der Waals surface area (Å²) in [5.41, 5.74) is 1.74. The molecule has 0 aliphatic carbocycles. The van der Waals surface area contributed by atoms with Crippen molar-refractivity contribution < 1.29 is 9.59 Å². The minimum absolute atomic E-state index is 0. The van der Waals surface area contributed by atoms with Gasteiger partial charge in [0.05, 0.1) is 6.54 Å². The number of piperidine rings is 1. The van der Waals surface area contributed by atoms with Crippen LogP contribution in [-0.2, 0) is 11.3 Å². The number of carbonyl (C=O) groups is 2. The fraction of sp³-hybridized carbons (Fsp3) is 0.609. The van der Waals surface area contributed by atoms with E-state index in [1.807, 2.05) is 24.3 Å². The van der Waals surface area contributed by atoms with Gasteiger partial charge in [0.1, 0.15) is 0 Å². The SMILES string of the molecule is CN=C(NCc1ccc(C(=O)N2CCNC(=O)C2)cc1)NCC(C)(C)N1CCCCC1.I. The van der Waals surface area contributed by atoms with Crippen molar-refractivity contribution in [1.29, 1.82) is 0 Å². The zero-order valence-electron chi connectivity index (χ0n) is 19.4. The van der Waals surface area contributed by atoms with Crippen LogP contribution in [0.4, 0.5) is 0 Å². The Hall–Kier alpha value is -1.88. The lowest BCUT2D eigenvalue weighted by atomic mass is 9.98. The minimum atomic E-state index is -0.109. The van der Waals surface area contributed by atoms with E-state index in [0.717, 1.165) is 31.2 Å². The lowest BCUT2D eigenvalue weighted by Crippen LogP contribution is -2.54. The highest BCUT2D eigenvalue weighted by Gasteiger charge is 2.28. The van der Waals surface area contributed by atoms with Gasteiger partial charge in [-0.05, 0) is 57.5 Å². The van der Waals surface area contributed by atoms with Crippen molar-refractivity contribution in [3.05, 3.63) is 35.4 Å². The molecule has 0 atom stereocenters. The Morgan fingerprint density at radius 3 is 2.41 bits per heavy atom. The number of halogens is 1. The summed E-state index contributed by atoms with van der Waals surface area (Å²) in [7, 11) is 1.78. The minimum Gasteiger partial charge on any atom is -0.355 e. The van der Waals surface area contributed by atoms with Gasteiger partial charge in [0, 0.05) is 44.3 Å². The molecule has 2 saturated heterocycles. The number of rotatable bonds is 6. The van der Waals surface area contributed by atoms with Crippen LogP contribution in [0.15, 0.2) is 29.3 Å². The first-order valence-corrected chi connectivity index (χ1v) is 11.2. The highest BCUT2D eigenvalue weighted by atomic mass is 127. The van der Waals surface area contributed by atoms with Gasteiger partial charge in [-0.1, -0.05) is 18.6 Å². The third-order valence-electron chi connectivity index (χ3n) is 6.11. The van der Waals surface area contributed by atoms with Crippen molar-refractivity contribution in [3.63, 3.8) is 0 Å². The van der Waals surface area contributed by atoms with Crippen molar-refractivity contribution in [2.75, 3.05) is 46.3 Å². The summed E-state index contributed by atoms with van der Waals surface area (Å²) in [6.45, 7) is 9.49. The van der Waals surface area contributed by atoms with Crippen LogP contribution in [0, 0.1) is 0 Å². The van der Waals surface area contributed by atoms with Crippen LogP contribution in [0.25, 0.3) is 0 Å². The van der Waals surface area contributed by atoms with Crippen molar-refractivity contribution >= 4 is 41.8 Å². The summed E-state index contributed by atoms with van der Waals surface area (Å²) in [5.74, 6) is 0.555. The number of aliphatic imine (C=N–C) groups is 1. The summed E-state index contributed by atoms with van der Waals surface area (Å²) >= 11 is 0. The van der Waals surface area contributed by atoms with Gasteiger partial charge in [-0.25, -0.2) is 0 Å². The van der Waals surface area contributed by atoms with Crippen molar-refractivity contribution in [2.24, 2.45) is 4.99 Å². The number of amides is 2. The number of benzene rings is 1. The van der Waals surface area contributed by atoms with Crippen LogP contribution in [0.5, 0.6) is 0 Å². The molecular weight excluding hydrogens is 519 g/mol. The molecular formula is C23H37IN6O2. The molecule has 0 saturated carbocycles. The molecule has 3 N–H and O–H groups in total. The second-order valence-electron chi connectivity index (χ2n) is 8.91. The Morgan fingerprint density at radius 2 is 1.78 bits per heavy atom. The Bertz CT molecular complexity index is 790. The zero-order chi connectivity index (χ0) is 22.3. The number of guanidine groups is 1. The second-order valence-corrected chi connectivity index (χ2v) is 8.91. The fourth-order valence-corrected chi connectivity index (χ4v) is 4.08. The maximum Gasteiger partial charge on any atom is 0.254 e. The van der Waals surface area contributed by atoms with Crippen LogP contribution >= 0.6 is 24.0 Å². The topological polar surface area (TPSA) is 89.1 Å². The van der Waals surface area contributed by atoms with E-state index in [1.165, 1.54) is 19.3 Å². The van der Waals surface area contributed by atoms with E-state index in [1.54, 1.807) is 11.9 Å². The maximum atomic E-state index is 12.6. The molecule has 2 amide bonds. The third kappa shape index (κ3) is 7.33. The number of carbonyl (C=O) groups excluding carboxylic acids is 2. The highest BCUT2D eigenvalue weighted by Crippen LogP contribution is 2.19. The Kier molecular flexibility index (Phi) is 10.2. The van der Waals surface area contributed by atoms with Crippen molar-refractivity contribution in [1.82, 2.24) is 25.8 Å². The maximum absolute atomic E-state index is 12.6. The molecule has 9 heteroatoms. The van der Waals surface area contributed by atoms with Crippen molar-refractivity contribution in [3.8, 4) is 0 Å². The zero-order valence-corrected chi connectivity index (χ0v) is 21.8. The molecule has 1 aromatic carbocycles. The number of piperazine rings is 1. The van der Waals surface area contributed by atoms with Crippen LogP contribution in [0.3, 0.4) is 0 Å². The van der Waals surface area contributed by atoms with Gasteiger partial charge in [0.2, 0.25) is 5.91 Å². The van der Waals surface area contributed by atoms with Gasteiger partial charge >= 0.3 is 0 Å². The average molecular weight is 556 g/mol. The number of hydrogen-bond donors (Lipinski definition) is 3. The number of hydrogen-bond acceptors (Lipinski definition) is 4. The summed E-state index contributed by atoms with van der Waals surface area (Å²) in [6.07, 6.45) is 3.89. The molecule has 0 bridgehead atoms. The Labute approximate surface area is 208 Å². The normalized spacial score (nSPS) is 17.9. The molecule has 1 aromatic rings. The number of likely N-dealkylation sites (tertiary alicyclic amines) is 1. The van der Waals surface area contributed by atoms with E-state index in [4.69, 9.17) is 0 Å². The molecule has 8 nitrogen and oxygen atoms in total. The van der Waals surface area contributed by atoms with Gasteiger partial charge in [0.15, 0.2) is 5.96 Å². The number of nitrogens with zero attached hydrogens (tertiary/aromatic N) is 3. The third-order valence-corrected chi connectivity index (χ3v) is 6.11. The first-order valence-electron chi connectivity index (χ1n) is 11.2. The molecule has 0 unspecified atom stereocenters. The standard InChI is InChI=1S/C23H36N6O2.HI/c1-23(2,29-12-5-4-6-13-29)17-27-22(24-3)26-15-18-7-9-19(10-8-18)21(31)28-14-11-25-20(30)16-28;/h7-10H,4-6,11-17H2,1-3H3,(H,25,30)(H2,24,26,27);1H. The number of nitrogens with one attached hydrogen (secondary N) is 3. The van der Waals surface area contributed by atoms with Gasteiger partial charge < -0.3 is 20.9 Å². The average Bonchev–Trinajstić information content (AvgIpc) is 2.79. The Balaban J connectivity index is 0.00000363. The monoisotopic (exact) mass is 556 g/mol. The highest BCUT2D eigenvalue weighted by molar-refractivity contribution is 14.0. The van der Waals surface area contributed by atoms with E-state index in [2.05, 4.69) is 39.7 Å². The fourth-order valence-electron chi connectivity index (χ4n) is 4.08. The molecule has 2 aliphatic heterocycles. The van der Waals surface area contributed by atoms with Gasteiger partial charge in [-0.15, -0.1) is 24.0 Å². The summed E-state index contributed by atoms with van der Waals surface area (Å²) in [6, 6.07) is 7.52. The largest absolute Gasteiger partial charge is 0.355 e. The molecule has 32 heavy (non-hydrogen) atoms. The van der Waals surface area contributed by atoms with E-state index in [0.29, 0.717) is 25.2 Å². The molecule has 0 aromatic heterocycles. The van der Waals surface area contributed by atoms with Crippen molar-refractivity contribution in [2.45, 2.75) is 45.2 Å². The van der Waals surface area contributed by atoms with Gasteiger partial charge in [-0.2, -0.15) is 0 Å². The van der Waals surface area contributed by atoms with Crippen LogP contribution in [0.2, 0.25) is 0 Å². The first kappa shape index (κ1) is 26.4. The predicted octanol–water partition coefficient (Wildman–Crippen LogP) is 1.81. The van der Waals surface area contributed by atoms with Crippen LogP contribution < -0.4 is 16.0 Å². The smallest absolute Gasteiger partial charge is 0.254 e. The van der Waals surface area contributed by atoms with Gasteiger partial charge in [0.25, 0.3) is 5.91 Å². The predicted molar refractivity (Wildman–Crippen MR) is 138 cm³/mol. The molecule has 0 spiro atoms. The molecule has 2 aliphatic rings. The summed E-state index contributed by atoms with van der Waals surface area (Å²) < 4.78 is 0. The molecule has 178 valence electrons. The molecule has 2 heterocycles. The van der Waals surface area contributed by atoms with Crippen LogP contribution in [0.1, 0.15) is 49.0 Å². The van der Waals surface area contributed by atoms with E-state index in [-0.39, 0.29) is 47.9 Å². The quantitative estimate of drug-likeness (QED) is 0.283. The summed E-state index contributed by atoms with van der Waals surface area (Å²) in [4.78, 5) is 32.6. The van der Waals surface area contributed by atoms with Gasteiger partial charge in [-0.3, -0.25) is 19.5 Å². The first-order chi connectivity index (χ1) is 14.9. The molecule has 2 fully saturated rings. The van der Waals surface area contributed by atoms with Crippen LogP contribution in [-0.4, -0.2) is 79.4 Å². The van der Waals surface area contributed by atoms with E-state index in [9.17, 15) is 9.59 Å². The lowest BCUT2D eigenvalue weighted by molar-refractivity contribution is -0.123. The van der Waals surface area contributed by atoms with E-state index < -0.39 is 0 Å². The Morgan fingerprint density at radius 1 is 1.09 bits per heavy atom. The molecule has 3 rings (SSSR count). The summed E-state index contributed by atoms with van der Waals surface area (Å²) in [5, 5.41) is 9.54.